The lowest BCUT2D eigenvalue weighted by Crippen LogP contribution is -1.97. The van der Waals surface area contributed by atoms with Gasteiger partial charge in [-0.05, 0) is 29.1 Å². The summed E-state index contributed by atoms with van der Waals surface area (Å²) >= 11 is 12.1. The number of hydrogen-bond acceptors (Lipinski definition) is 4. The summed E-state index contributed by atoms with van der Waals surface area (Å²) in [4.78, 5) is 4.37. The predicted molar refractivity (Wildman–Crippen MR) is 102 cm³/mol. The van der Waals surface area contributed by atoms with Gasteiger partial charge in [-0.15, -0.1) is 0 Å². The van der Waals surface area contributed by atoms with Crippen molar-refractivity contribution in [1.29, 1.82) is 0 Å². The second-order valence-corrected chi connectivity index (χ2v) is 6.63. The van der Waals surface area contributed by atoms with Crippen LogP contribution in [0.3, 0.4) is 0 Å². The van der Waals surface area contributed by atoms with E-state index in [-0.39, 0.29) is 6.61 Å². The Morgan fingerprint density at radius 2 is 1.81 bits per heavy atom. The van der Waals surface area contributed by atoms with Crippen LogP contribution in [0.5, 0.6) is 5.75 Å². The normalized spacial score (nSPS) is 11.0. The molecule has 4 nitrogen and oxygen atoms in total. The van der Waals surface area contributed by atoms with Crippen LogP contribution < -0.4 is 4.74 Å². The monoisotopic (exact) mass is 384 g/mol. The lowest BCUT2D eigenvalue weighted by Gasteiger charge is -2.06. The van der Waals surface area contributed by atoms with Crippen LogP contribution in [-0.4, -0.2) is 10.1 Å². The first-order valence-corrected chi connectivity index (χ1v) is 8.80. The molecule has 0 unspecified atom stereocenters. The minimum absolute atomic E-state index is 0.204. The molecule has 0 N–H and O–H groups in total. The molecule has 0 atom stereocenters. The van der Waals surface area contributed by atoms with Gasteiger partial charge in [0.25, 0.3) is 5.89 Å². The van der Waals surface area contributed by atoms with E-state index in [1.54, 1.807) is 12.1 Å². The van der Waals surface area contributed by atoms with E-state index >= 15 is 0 Å². The van der Waals surface area contributed by atoms with E-state index in [0.717, 1.165) is 22.1 Å². The van der Waals surface area contributed by atoms with Gasteiger partial charge in [-0.1, -0.05) is 70.8 Å². The van der Waals surface area contributed by atoms with E-state index in [2.05, 4.69) is 10.1 Å². The third kappa shape index (κ3) is 3.66. The van der Waals surface area contributed by atoms with Gasteiger partial charge in [0.2, 0.25) is 0 Å². The van der Waals surface area contributed by atoms with Gasteiger partial charge < -0.3 is 9.26 Å². The standard InChI is InChI=1S/C20H14Cl2N2O2/c21-15-9-8-14(17(22)11-15)10-19-23-20(26-24-19)12-25-18-7-3-5-13-4-1-2-6-16(13)18/h1-9,11H,10,12H2. The molecule has 0 fully saturated rings. The molecular weight excluding hydrogens is 371 g/mol. The van der Waals surface area contributed by atoms with Crippen molar-refractivity contribution in [3.63, 3.8) is 0 Å². The molecule has 4 aromatic rings. The Kier molecular flexibility index (Phi) is 4.78. The third-order valence-corrected chi connectivity index (χ3v) is 4.56. The summed E-state index contributed by atoms with van der Waals surface area (Å²) in [5.41, 5.74) is 0.887. The van der Waals surface area contributed by atoms with Crippen LogP contribution in [0.15, 0.2) is 65.2 Å². The van der Waals surface area contributed by atoms with Crippen LogP contribution in [-0.2, 0) is 13.0 Å². The van der Waals surface area contributed by atoms with E-state index in [9.17, 15) is 0 Å². The van der Waals surface area contributed by atoms with Crippen LogP contribution >= 0.6 is 23.2 Å². The van der Waals surface area contributed by atoms with Gasteiger partial charge >= 0.3 is 0 Å². The van der Waals surface area contributed by atoms with Crippen LogP contribution in [0.1, 0.15) is 17.3 Å². The van der Waals surface area contributed by atoms with Crippen molar-refractivity contribution in [3.05, 3.63) is 88.0 Å². The number of ether oxygens (including phenoxy) is 1. The molecule has 0 aliphatic rings. The largest absolute Gasteiger partial charge is 0.483 e. The number of hydrogen-bond donors (Lipinski definition) is 0. The van der Waals surface area contributed by atoms with Crippen LogP contribution in [0.2, 0.25) is 10.0 Å². The fourth-order valence-electron chi connectivity index (χ4n) is 2.72. The number of nitrogens with zero attached hydrogens (tertiary/aromatic N) is 2. The number of fused-ring (bicyclic) bond motifs is 1. The van der Waals surface area contributed by atoms with E-state index in [0.29, 0.717) is 28.2 Å². The summed E-state index contributed by atoms with van der Waals surface area (Å²) in [5.74, 6) is 1.74. The Hall–Kier alpha value is -2.56. The molecule has 4 rings (SSSR count). The average Bonchev–Trinajstić information content (AvgIpc) is 3.10. The maximum absolute atomic E-state index is 6.19. The summed E-state index contributed by atoms with van der Waals surface area (Å²) in [6.07, 6.45) is 0.466. The molecule has 1 aromatic heterocycles. The highest BCUT2D eigenvalue weighted by atomic mass is 35.5. The van der Waals surface area contributed by atoms with Gasteiger partial charge in [0.05, 0.1) is 0 Å². The molecule has 0 saturated heterocycles. The van der Waals surface area contributed by atoms with Gasteiger partial charge in [0, 0.05) is 21.9 Å². The van der Waals surface area contributed by atoms with Gasteiger partial charge in [0.1, 0.15) is 5.75 Å². The zero-order valence-electron chi connectivity index (χ0n) is 13.7. The van der Waals surface area contributed by atoms with E-state index in [1.807, 2.05) is 48.5 Å². The SMILES string of the molecule is Clc1ccc(Cc2noc(COc3cccc4ccccc34)n2)c(Cl)c1. The number of halogens is 2. The molecule has 0 amide bonds. The lowest BCUT2D eigenvalue weighted by molar-refractivity contribution is 0.245. The Morgan fingerprint density at radius 3 is 2.69 bits per heavy atom. The highest BCUT2D eigenvalue weighted by molar-refractivity contribution is 6.35. The average molecular weight is 385 g/mol. The zero-order chi connectivity index (χ0) is 17.9. The van der Waals surface area contributed by atoms with Crippen molar-refractivity contribution in [2.24, 2.45) is 0 Å². The maximum atomic E-state index is 6.19. The van der Waals surface area contributed by atoms with Crippen molar-refractivity contribution in [2.45, 2.75) is 13.0 Å². The molecule has 0 aliphatic heterocycles. The van der Waals surface area contributed by atoms with Gasteiger partial charge in [-0.25, -0.2) is 0 Å². The summed E-state index contributed by atoms with van der Waals surface area (Å²) in [6, 6.07) is 19.3. The summed E-state index contributed by atoms with van der Waals surface area (Å²) in [7, 11) is 0. The number of aromatic nitrogens is 2. The molecular formula is C20H14Cl2N2O2. The highest BCUT2D eigenvalue weighted by Gasteiger charge is 2.11. The molecule has 6 heteroatoms. The third-order valence-electron chi connectivity index (χ3n) is 3.97. The van der Waals surface area contributed by atoms with Crippen molar-refractivity contribution < 1.29 is 9.26 Å². The molecule has 130 valence electrons. The predicted octanol–water partition coefficient (Wildman–Crippen LogP) is 5.70. The second-order valence-electron chi connectivity index (χ2n) is 5.78. The van der Waals surface area contributed by atoms with E-state index in [1.165, 1.54) is 0 Å². The molecule has 3 aromatic carbocycles. The molecule has 0 spiro atoms. The minimum Gasteiger partial charge on any atom is -0.483 e. The first-order valence-electron chi connectivity index (χ1n) is 8.05. The minimum atomic E-state index is 0.204. The molecule has 0 aliphatic carbocycles. The van der Waals surface area contributed by atoms with Crippen molar-refractivity contribution >= 4 is 34.0 Å². The van der Waals surface area contributed by atoms with E-state index < -0.39 is 0 Å². The summed E-state index contributed by atoms with van der Waals surface area (Å²) in [5, 5.41) is 7.33. The quantitative estimate of drug-likeness (QED) is 0.442. The van der Waals surface area contributed by atoms with Crippen LogP contribution in [0.25, 0.3) is 10.8 Å². The molecule has 0 radical (unpaired) electrons. The van der Waals surface area contributed by atoms with Crippen LogP contribution in [0, 0.1) is 0 Å². The zero-order valence-corrected chi connectivity index (χ0v) is 15.2. The number of rotatable bonds is 5. The van der Waals surface area contributed by atoms with Crippen molar-refractivity contribution in [1.82, 2.24) is 10.1 Å². The maximum Gasteiger partial charge on any atom is 0.264 e. The highest BCUT2D eigenvalue weighted by Crippen LogP contribution is 2.26. The lowest BCUT2D eigenvalue weighted by atomic mass is 10.1. The van der Waals surface area contributed by atoms with E-state index in [4.69, 9.17) is 32.5 Å². The van der Waals surface area contributed by atoms with Gasteiger partial charge in [-0.3, -0.25) is 0 Å². The van der Waals surface area contributed by atoms with Crippen molar-refractivity contribution in [3.8, 4) is 5.75 Å². The van der Waals surface area contributed by atoms with Crippen molar-refractivity contribution in [2.75, 3.05) is 0 Å². The van der Waals surface area contributed by atoms with Gasteiger partial charge in [-0.2, -0.15) is 4.98 Å². The van der Waals surface area contributed by atoms with Gasteiger partial charge in [0.15, 0.2) is 12.4 Å². The van der Waals surface area contributed by atoms with Crippen LogP contribution in [0.4, 0.5) is 0 Å². The second kappa shape index (κ2) is 7.36. The summed E-state index contributed by atoms with van der Waals surface area (Å²) in [6.45, 7) is 0.204. The Labute approximate surface area is 160 Å². The smallest absolute Gasteiger partial charge is 0.264 e. The topological polar surface area (TPSA) is 48.2 Å². The number of benzene rings is 3. The fourth-order valence-corrected chi connectivity index (χ4v) is 3.19. The Balaban J connectivity index is 1.46. The summed E-state index contributed by atoms with van der Waals surface area (Å²) < 4.78 is 11.1. The first kappa shape index (κ1) is 16.9. The first-order chi connectivity index (χ1) is 12.7. The molecule has 0 bridgehead atoms. The Bertz CT molecular complexity index is 1060. The Morgan fingerprint density at radius 1 is 0.962 bits per heavy atom. The fraction of sp³-hybridized carbons (Fsp3) is 0.100. The molecule has 1 heterocycles. The molecule has 0 saturated carbocycles. The molecule has 26 heavy (non-hydrogen) atoms.